The number of aromatic amines is 1. The van der Waals surface area contributed by atoms with Crippen molar-refractivity contribution in [3.8, 4) is 11.8 Å². The second-order valence-electron chi connectivity index (χ2n) is 4.47. The number of methoxy groups -OCH3 is 1. The maximum Gasteiger partial charge on any atom is 0.330 e. The zero-order valence-corrected chi connectivity index (χ0v) is 10.9. The van der Waals surface area contributed by atoms with Gasteiger partial charge in [0.1, 0.15) is 18.3 Å². The molecule has 21 heavy (non-hydrogen) atoms. The fraction of sp³-hybridized carbons (Fsp3) is 0.545. The van der Waals surface area contributed by atoms with Gasteiger partial charge in [0.25, 0.3) is 5.56 Å². The van der Waals surface area contributed by atoms with Crippen molar-refractivity contribution in [1.82, 2.24) is 9.55 Å². The molecule has 10 nitrogen and oxygen atoms in total. The lowest BCUT2D eigenvalue weighted by Gasteiger charge is -2.21. The van der Waals surface area contributed by atoms with Crippen LogP contribution in [0.15, 0.2) is 15.8 Å². The van der Waals surface area contributed by atoms with E-state index in [-0.39, 0.29) is 5.75 Å². The SMILES string of the molecule is COc1cn(C2OC(C#N)(CO)C(O)C2O)c(=O)[nH]c1=O. The topological polar surface area (TPSA) is 158 Å². The van der Waals surface area contributed by atoms with Crippen molar-refractivity contribution in [2.75, 3.05) is 13.7 Å². The van der Waals surface area contributed by atoms with Crippen LogP contribution < -0.4 is 16.0 Å². The molecule has 0 aliphatic carbocycles. The number of H-pyrrole nitrogens is 1. The van der Waals surface area contributed by atoms with Gasteiger partial charge in [0.05, 0.1) is 19.9 Å². The number of hydrogen-bond donors (Lipinski definition) is 4. The summed E-state index contributed by atoms with van der Waals surface area (Å²) in [5.74, 6) is -0.224. The highest BCUT2D eigenvalue weighted by Gasteiger charge is 2.55. The fourth-order valence-electron chi connectivity index (χ4n) is 2.07. The van der Waals surface area contributed by atoms with E-state index >= 15 is 0 Å². The van der Waals surface area contributed by atoms with E-state index in [1.54, 1.807) is 6.07 Å². The van der Waals surface area contributed by atoms with Gasteiger partial charge in [0.2, 0.25) is 11.4 Å². The third-order valence-electron chi connectivity index (χ3n) is 3.28. The molecule has 0 bridgehead atoms. The summed E-state index contributed by atoms with van der Waals surface area (Å²) in [6.45, 7) is -0.881. The molecule has 2 heterocycles. The Balaban J connectivity index is 2.52. The molecule has 1 saturated heterocycles. The Bertz CT molecular complexity index is 690. The van der Waals surface area contributed by atoms with Crippen LogP contribution in [0, 0.1) is 11.3 Å². The van der Waals surface area contributed by atoms with Gasteiger partial charge < -0.3 is 24.8 Å². The van der Waals surface area contributed by atoms with Gasteiger partial charge in [-0.05, 0) is 0 Å². The van der Waals surface area contributed by atoms with Crippen molar-refractivity contribution in [2.45, 2.75) is 24.0 Å². The molecule has 1 aliphatic heterocycles. The minimum absolute atomic E-state index is 0.224. The quantitative estimate of drug-likeness (QED) is 0.461. The van der Waals surface area contributed by atoms with Crippen LogP contribution in [-0.2, 0) is 4.74 Å². The van der Waals surface area contributed by atoms with Gasteiger partial charge in [0, 0.05) is 0 Å². The monoisotopic (exact) mass is 299 g/mol. The van der Waals surface area contributed by atoms with E-state index < -0.39 is 41.9 Å². The lowest BCUT2D eigenvalue weighted by atomic mass is 9.98. The zero-order chi connectivity index (χ0) is 15.8. The smallest absolute Gasteiger partial charge is 0.330 e. The molecule has 1 aromatic heterocycles. The molecule has 1 aromatic rings. The highest BCUT2D eigenvalue weighted by atomic mass is 16.6. The van der Waals surface area contributed by atoms with Crippen LogP contribution in [0.4, 0.5) is 0 Å². The minimum atomic E-state index is -2.06. The first-order valence-corrected chi connectivity index (χ1v) is 5.85. The molecule has 2 rings (SSSR count). The van der Waals surface area contributed by atoms with Crippen molar-refractivity contribution in [1.29, 1.82) is 5.26 Å². The molecule has 4 unspecified atom stereocenters. The van der Waals surface area contributed by atoms with Crippen molar-refractivity contribution >= 4 is 0 Å². The number of hydrogen-bond acceptors (Lipinski definition) is 8. The second kappa shape index (κ2) is 5.30. The third-order valence-corrected chi connectivity index (χ3v) is 3.28. The molecule has 0 saturated carbocycles. The van der Waals surface area contributed by atoms with E-state index in [9.17, 15) is 24.9 Å². The van der Waals surface area contributed by atoms with Gasteiger partial charge in [-0.1, -0.05) is 0 Å². The summed E-state index contributed by atoms with van der Waals surface area (Å²) in [6.07, 6.45) is -3.88. The number of aliphatic hydroxyl groups is 3. The van der Waals surface area contributed by atoms with E-state index in [0.29, 0.717) is 0 Å². The highest BCUT2D eigenvalue weighted by Crippen LogP contribution is 2.36. The average Bonchev–Trinajstić information content (AvgIpc) is 2.73. The molecule has 0 spiro atoms. The largest absolute Gasteiger partial charge is 0.490 e. The number of aromatic nitrogens is 2. The molecule has 4 N–H and O–H groups in total. The summed E-state index contributed by atoms with van der Waals surface area (Å²) >= 11 is 0. The van der Waals surface area contributed by atoms with Crippen LogP contribution in [0.1, 0.15) is 6.23 Å². The Kier molecular flexibility index (Phi) is 3.84. The van der Waals surface area contributed by atoms with Crippen LogP contribution in [0.2, 0.25) is 0 Å². The number of nitriles is 1. The summed E-state index contributed by atoms with van der Waals surface area (Å²) in [5.41, 5.74) is -3.77. The predicted molar refractivity (Wildman–Crippen MR) is 65.4 cm³/mol. The first-order chi connectivity index (χ1) is 9.90. The Hall–Kier alpha value is -2.19. The van der Waals surface area contributed by atoms with Gasteiger partial charge in [0.15, 0.2) is 6.23 Å². The summed E-state index contributed by atoms with van der Waals surface area (Å²) in [4.78, 5) is 25.1. The van der Waals surface area contributed by atoms with Crippen molar-refractivity contribution in [3.05, 3.63) is 27.0 Å². The summed E-state index contributed by atoms with van der Waals surface area (Å²) in [6, 6.07) is 1.57. The zero-order valence-electron chi connectivity index (χ0n) is 10.9. The van der Waals surface area contributed by atoms with Crippen LogP contribution in [0.25, 0.3) is 0 Å². The Morgan fingerprint density at radius 3 is 2.71 bits per heavy atom. The van der Waals surface area contributed by atoms with E-state index in [2.05, 4.69) is 0 Å². The van der Waals surface area contributed by atoms with Crippen LogP contribution in [0.3, 0.4) is 0 Å². The molecule has 1 fully saturated rings. The van der Waals surface area contributed by atoms with E-state index in [4.69, 9.17) is 14.7 Å². The third kappa shape index (κ3) is 2.22. The second-order valence-corrected chi connectivity index (χ2v) is 4.47. The number of ether oxygens (including phenoxy) is 2. The predicted octanol–water partition coefficient (Wildman–Crippen LogP) is -2.95. The minimum Gasteiger partial charge on any atom is -0.490 e. The van der Waals surface area contributed by atoms with E-state index in [0.717, 1.165) is 10.8 Å². The summed E-state index contributed by atoms with van der Waals surface area (Å²) < 4.78 is 10.7. The Morgan fingerprint density at radius 1 is 1.57 bits per heavy atom. The van der Waals surface area contributed by atoms with Crippen molar-refractivity contribution in [3.63, 3.8) is 0 Å². The highest BCUT2D eigenvalue weighted by molar-refractivity contribution is 5.16. The van der Waals surface area contributed by atoms with Gasteiger partial charge in [-0.2, -0.15) is 5.26 Å². The number of rotatable bonds is 3. The maximum atomic E-state index is 11.8. The van der Waals surface area contributed by atoms with Crippen LogP contribution in [-0.4, -0.2) is 56.4 Å². The molecule has 4 atom stereocenters. The van der Waals surface area contributed by atoms with Gasteiger partial charge in [-0.25, -0.2) is 4.79 Å². The fourth-order valence-corrected chi connectivity index (χ4v) is 2.07. The molecule has 1 aliphatic rings. The first-order valence-electron chi connectivity index (χ1n) is 5.85. The Morgan fingerprint density at radius 2 is 2.24 bits per heavy atom. The van der Waals surface area contributed by atoms with Gasteiger partial charge in [-0.15, -0.1) is 0 Å². The van der Waals surface area contributed by atoms with Gasteiger partial charge >= 0.3 is 5.69 Å². The molecular formula is C11H13N3O7. The summed E-state index contributed by atoms with van der Waals surface area (Å²) in [7, 11) is 1.20. The molecule has 114 valence electrons. The molecule has 0 amide bonds. The maximum absolute atomic E-state index is 11.8. The van der Waals surface area contributed by atoms with E-state index in [1.165, 1.54) is 7.11 Å². The lowest BCUT2D eigenvalue weighted by Crippen LogP contribution is -2.45. The van der Waals surface area contributed by atoms with E-state index in [1.807, 2.05) is 4.98 Å². The molecule has 10 heteroatoms. The Labute approximate surface area is 117 Å². The summed E-state index contributed by atoms with van der Waals surface area (Å²) in [5, 5.41) is 38.0. The van der Waals surface area contributed by atoms with Crippen LogP contribution >= 0.6 is 0 Å². The van der Waals surface area contributed by atoms with Crippen molar-refractivity contribution in [2.24, 2.45) is 0 Å². The molecular weight excluding hydrogens is 286 g/mol. The normalized spacial score (nSPS) is 31.9. The van der Waals surface area contributed by atoms with Gasteiger partial charge in [-0.3, -0.25) is 14.3 Å². The average molecular weight is 299 g/mol. The number of nitrogens with zero attached hydrogens (tertiary/aromatic N) is 2. The van der Waals surface area contributed by atoms with Crippen LogP contribution in [0.5, 0.6) is 5.75 Å². The first kappa shape index (κ1) is 15.2. The van der Waals surface area contributed by atoms with Crippen molar-refractivity contribution < 1.29 is 24.8 Å². The number of nitrogens with one attached hydrogen (secondary N) is 1. The molecule has 0 radical (unpaired) electrons. The molecule has 0 aromatic carbocycles. The lowest BCUT2D eigenvalue weighted by molar-refractivity contribution is -0.0949. The standard InChI is InChI=1S/C11H13N3O7/c1-20-5-2-14(10(19)13-8(5)18)9-6(16)7(17)11(3-12,4-15)21-9/h2,6-7,9,15-17H,4H2,1H3,(H,13,18,19). The number of aliphatic hydroxyl groups excluding tert-OH is 3.